The number of aliphatic hydroxyl groups is 2. The minimum atomic E-state index is -0.363. The molecule has 0 aromatic heterocycles. The predicted octanol–water partition coefficient (Wildman–Crippen LogP) is 2.63. The molecule has 0 aromatic rings. The fraction of sp³-hybridized carbons (Fsp3) is 0.875. The number of aliphatic hydroxyl groups excluding tert-OH is 2. The molecular weight excluding hydrogens is 336 g/mol. The van der Waals surface area contributed by atoms with Crippen LogP contribution >= 0.6 is 23.5 Å². The molecule has 0 amide bonds. The highest BCUT2D eigenvalue weighted by atomic mass is 32.2. The number of hydrogen-bond donors (Lipinski definition) is 2. The minimum Gasteiger partial charge on any atom is -0.388 e. The van der Waals surface area contributed by atoms with Crippen molar-refractivity contribution in [2.24, 2.45) is 0 Å². The Morgan fingerprint density at radius 1 is 0.652 bits per heavy atom. The lowest BCUT2D eigenvalue weighted by atomic mass is 10.2. The van der Waals surface area contributed by atoms with Crippen molar-refractivity contribution in [3.8, 4) is 0 Å². The smallest absolute Gasteiger partial charge is 0.214 e. The summed E-state index contributed by atoms with van der Waals surface area (Å²) in [5.41, 5.74) is 0. The summed E-state index contributed by atoms with van der Waals surface area (Å²) in [5, 5.41) is 16.8. The Morgan fingerprint density at radius 2 is 1.04 bits per heavy atom. The molecular formula is C16H30O5S2. The Hall–Kier alpha value is -0.0800. The van der Waals surface area contributed by atoms with Gasteiger partial charge in [-0.25, -0.2) is 0 Å². The zero-order chi connectivity index (χ0) is 17.2. The van der Waals surface area contributed by atoms with Gasteiger partial charge in [-0.1, -0.05) is 49.2 Å². The third-order valence-corrected chi connectivity index (χ3v) is 5.04. The van der Waals surface area contributed by atoms with Crippen molar-refractivity contribution in [2.45, 2.75) is 51.4 Å². The van der Waals surface area contributed by atoms with E-state index in [1.807, 2.05) is 0 Å². The number of carbonyl (C=O) groups is 2. The van der Waals surface area contributed by atoms with Gasteiger partial charge in [0.2, 0.25) is 10.2 Å². The van der Waals surface area contributed by atoms with Crippen LogP contribution in [-0.2, 0) is 14.3 Å². The van der Waals surface area contributed by atoms with E-state index in [4.69, 9.17) is 14.9 Å². The zero-order valence-electron chi connectivity index (χ0n) is 13.8. The topological polar surface area (TPSA) is 83.8 Å². The van der Waals surface area contributed by atoms with E-state index in [1.54, 1.807) is 0 Å². The Bertz CT molecular complexity index is 272. The molecule has 0 aliphatic rings. The van der Waals surface area contributed by atoms with Crippen molar-refractivity contribution in [3.63, 3.8) is 0 Å². The molecule has 0 saturated carbocycles. The summed E-state index contributed by atoms with van der Waals surface area (Å²) in [6, 6.07) is 0. The Balaban J connectivity index is 3.05. The second-order valence-corrected chi connectivity index (χ2v) is 7.50. The first kappa shape index (κ1) is 22.9. The van der Waals surface area contributed by atoms with E-state index in [0.717, 1.165) is 76.1 Å². The molecule has 0 rings (SSSR count). The second kappa shape index (κ2) is 18.3. The lowest BCUT2D eigenvalue weighted by molar-refractivity contribution is -0.114. The third-order valence-electron chi connectivity index (χ3n) is 3.15. The summed E-state index contributed by atoms with van der Waals surface area (Å²) in [5.74, 6) is 1.59. The molecule has 0 heterocycles. The lowest BCUT2D eigenvalue weighted by Gasteiger charge is -2.04. The van der Waals surface area contributed by atoms with E-state index in [2.05, 4.69) is 0 Å². The van der Waals surface area contributed by atoms with Crippen molar-refractivity contribution in [3.05, 3.63) is 0 Å². The predicted molar refractivity (Wildman–Crippen MR) is 96.9 cm³/mol. The fourth-order valence-corrected chi connectivity index (χ4v) is 3.22. The van der Waals surface area contributed by atoms with Crippen LogP contribution in [0.3, 0.4) is 0 Å². The standard InChI is InChI=1S/C16H30O5S2/c17-13-15(19)22-11-7-3-1-5-9-21-10-6-2-4-8-12-23-16(20)14-18/h17-18H,1-14H2. The largest absolute Gasteiger partial charge is 0.388 e. The van der Waals surface area contributed by atoms with E-state index in [9.17, 15) is 9.59 Å². The highest BCUT2D eigenvalue weighted by Gasteiger charge is 2.00. The van der Waals surface area contributed by atoms with Crippen molar-refractivity contribution in [1.82, 2.24) is 0 Å². The van der Waals surface area contributed by atoms with E-state index in [1.165, 1.54) is 23.5 Å². The molecule has 2 N–H and O–H groups in total. The van der Waals surface area contributed by atoms with Crippen LogP contribution in [0.5, 0.6) is 0 Å². The number of thioether (sulfide) groups is 2. The molecule has 136 valence electrons. The van der Waals surface area contributed by atoms with Gasteiger partial charge >= 0.3 is 0 Å². The fourth-order valence-electron chi connectivity index (χ4n) is 1.88. The van der Waals surface area contributed by atoms with Gasteiger partial charge in [0.15, 0.2) is 0 Å². The summed E-state index contributed by atoms with van der Waals surface area (Å²) in [4.78, 5) is 21.7. The molecule has 0 atom stereocenters. The summed E-state index contributed by atoms with van der Waals surface area (Å²) >= 11 is 2.42. The zero-order valence-corrected chi connectivity index (χ0v) is 15.5. The second-order valence-electron chi connectivity index (χ2n) is 5.20. The molecule has 0 unspecified atom stereocenters. The quantitative estimate of drug-likeness (QED) is 0.406. The van der Waals surface area contributed by atoms with Crippen LogP contribution in [0.2, 0.25) is 0 Å². The maximum atomic E-state index is 10.8. The number of ether oxygens (including phenoxy) is 1. The van der Waals surface area contributed by atoms with E-state index < -0.39 is 0 Å². The number of carbonyl (C=O) groups excluding carboxylic acids is 2. The van der Waals surface area contributed by atoms with Crippen molar-refractivity contribution < 1.29 is 24.5 Å². The SMILES string of the molecule is O=C(CO)SCCCCCCOCCCCCCSC(=O)CO. The average Bonchev–Trinajstić information content (AvgIpc) is 2.57. The highest BCUT2D eigenvalue weighted by Crippen LogP contribution is 2.10. The minimum absolute atomic E-state index is 0.146. The number of unbranched alkanes of at least 4 members (excludes halogenated alkanes) is 6. The van der Waals surface area contributed by atoms with E-state index in [-0.39, 0.29) is 23.4 Å². The maximum Gasteiger partial charge on any atom is 0.214 e. The van der Waals surface area contributed by atoms with Gasteiger partial charge in [0, 0.05) is 24.7 Å². The normalized spacial score (nSPS) is 10.9. The molecule has 0 fully saturated rings. The average molecular weight is 367 g/mol. The molecule has 0 aromatic carbocycles. The number of hydrogen-bond acceptors (Lipinski definition) is 7. The summed E-state index contributed by atoms with van der Waals surface area (Å²) in [6.07, 6.45) is 8.55. The van der Waals surface area contributed by atoms with Gasteiger partial charge in [0.25, 0.3) is 0 Å². The van der Waals surface area contributed by atoms with Gasteiger partial charge < -0.3 is 14.9 Å². The van der Waals surface area contributed by atoms with Crippen LogP contribution in [0.4, 0.5) is 0 Å². The van der Waals surface area contributed by atoms with Crippen LogP contribution in [0.15, 0.2) is 0 Å². The third kappa shape index (κ3) is 18.1. The van der Waals surface area contributed by atoms with Crippen LogP contribution in [-0.4, -0.2) is 58.4 Å². The van der Waals surface area contributed by atoms with Gasteiger partial charge in [-0.05, 0) is 25.7 Å². The molecule has 0 spiro atoms. The van der Waals surface area contributed by atoms with Crippen LogP contribution in [0.1, 0.15) is 51.4 Å². The summed E-state index contributed by atoms with van der Waals surface area (Å²) in [7, 11) is 0. The molecule has 0 radical (unpaired) electrons. The van der Waals surface area contributed by atoms with Crippen LogP contribution in [0.25, 0.3) is 0 Å². The Morgan fingerprint density at radius 3 is 1.43 bits per heavy atom. The van der Waals surface area contributed by atoms with Crippen LogP contribution < -0.4 is 0 Å². The first-order chi connectivity index (χ1) is 11.2. The molecule has 0 saturated heterocycles. The monoisotopic (exact) mass is 366 g/mol. The maximum absolute atomic E-state index is 10.8. The van der Waals surface area contributed by atoms with E-state index >= 15 is 0 Å². The molecule has 0 bridgehead atoms. The van der Waals surface area contributed by atoms with Gasteiger partial charge in [0.05, 0.1) is 0 Å². The lowest BCUT2D eigenvalue weighted by Crippen LogP contribution is -2.00. The van der Waals surface area contributed by atoms with E-state index in [0.29, 0.717) is 0 Å². The molecule has 7 heteroatoms. The molecule has 0 aliphatic heterocycles. The van der Waals surface area contributed by atoms with Gasteiger partial charge in [-0.2, -0.15) is 0 Å². The first-order valence-electron chi connectivity index (χ1n) is 8.31. The van der Waals surface area contributed by atoms with Gasteiger partial charge in [-0.15, -0.1) is 0 Å². The summed E-state index contributed by atoms with van der Waals surface area (Å²) in [6.45, 7) is 0.864. The van der Waals surface area contributed by atoms with Crippen molar-refractivity contribution >= 4 is 33.8 Å². The van der Waals surface area contributed by atoms with Gasteiger partial charge in [-0.3, -0.25) is 9.59 Å². The van der Waals surface area contributed by atoms with Gasteiger partial charge in [0.1, 0.15) is 13.2 Å². The number of rotatable bonds is 16. The summed E-state index contributed by atoms with van der Waals surface area (Å²) < 4.78 is 5.57. The molecule has 0 aliphatic carbocycles. The first-order valence-corrected chi connectivity index (χ1v) is 10.3. The van der Waals surface area contributed by atoms with Crippen LogP contribution in [0, 0.1) is 0 Å². The highest BCUT2D eigenvalue weighted by molar-refractivity contribution is 8.13. The Kier molecular flexibility index (Phi) is 18.2. The molecule has 23 heavy (non-hydrogen) atoms. The van der Waals surface area contributed by atoms with Crippen molar-refractivity contribution in [2.75, 3.05) is 37.9 Å². The Labute approximate surface area is 147 Å². The molecule has 5 nitrogen and oxygen atoms in total. The van der Waals surface area contributed by atoms with Crippen molar-refractivity contribution in [1.29, 1.82) is 0 Å².